The van der Waals surface area contributed by atoms with Gasteiger partial charge in [-0.2, -0.15) is 0 Å². The van der Waals surface area contributed by atoms with Gasteiger partial charge in [-0.15, -0.1) is 0 Å². The Kier molecular flexibility index (Phi) is 3.72. The predicted molar refractivity (Wildman–Crippen MR) is 60.9 cm³/mol. The van der Waals surface area contributed by atoms with Gasteiger partial charge in [0.1, 0.15) is 6.29 Å². The monoisotopic (exact) mass is 222 g/mol. The van der Waals surface area contributed by atoms with Gasteiger partial charge in [0.15, 0.2) is 0 Å². The molecule has 0 saturated carbocycles. The van der Waals surface area contributed by atoms with Gasteiger partial charge in [0.2, 0.25) is 5.91 Å². The van der Waals surface area contributed by atoms with Gasteiger partial charge in [-0.05, 0) is 37.9 Å². The van der Waals surface area contributed by atoms with Gasteiger partial charge in [0.05, 0.1) is 0 Å². The molecular weight excluding hydrogens is 204 g/mol. The molecule has 0 bridgehead atoms. The van der Waals surface area contributed by atoms with E-state index in [1.807, 2.05) is 11.0 Å². The number of carbonyl (C=O) groups excluding carboxylic acids is 2. The van der Waals surface area contributed by atoms with Gasteiger partial charge in [0, 0.05) is 19.0 Å². The highest BCUT2D eigenvalue weighted by molar-refractivity contribution is 5.80. The molecule has 2 aliphatic heterocycles. The van der Waals surface area contributed by atoms with Crippen molar-refractivity contribution < 1.29 is 9.59 Å². The number of aldehydes is 1. The summed E-state index contributed by atoms with van der Waals surface area (Å²) in [5.41, 5.74) is 0.828. The van der Waals surface area contributed by atoms with E-state index in [2.05, 4.69) is 5.32 Å². The number of piperidine rings is 1. The molecule has 1 fully saturated rings. The first-order valence-electron chi connectivity index (χ1n) is 5.95. The Morgan fingerprint density at radius 2 is 2.19 bits per heavy atom. The molecule has 0 aromatic heterocycles. The normalized spacial score (nSPS) is 22.8. The SMILES string of the molecule is O=CC1=CCN(C(=O)C2CCNCC2)CC1. The molecule has 1 N–H and O–H groups in total. The number of hydrogen-bond acceptors (Lipinski definition) is 3. The Morgan fingerprint density at radius 3 is 2.75 bits per heavy atom. The summed E-state index contributed by atoms with van der Waals surface area (Å²) in [7, 11) is 0. The van der Waals surface area contributed by atoms with Crippen LogP contribution in [0.2, 0.25) is 0 Å². The summed E-state index contributed by atoms with van der Waals surface area (Å²) in [5.74, 6) is 0.454. The Bertz CT molecular complexity index is 306. The van der Waals surface area contributed by atoms with Crippen molar-refractivity contribution in [1.82, 2.24) is 10.2 Å². The molecular formula is C12H18N2O2. The van der Waals surface area contributed by atoms with E-state index in [1.165, 1.54) is 0 Å². The maximum Gasteiger partial charge on any atom is 0.226 e. The lowest BCUT2D eigenvalue weighted by Crippen LogP contribution is -2.42. The third kappa shape index (κ3) is 2.50. The van der Waals surface area contributed by atoms with Crippen molar-refractivity contribution >= 4 is 12.2 Å². The van der Waals surface area contributed by atoms with Gasteiger partial charge >= 0.3 is 0 Å². The maximum absolute atomic E-state index is 12.1. The molecule has 0 aromatic carbocycles. The van der Waals surface area contributed by atoms with Crippen LogP contribution >= 0.6 is 0 Å². The summed E-state index contributed by atoms with van der Waals surface area (Å²) in [6.45, 7) is 3.20. The highest BCUT2D eigenvalue weighted by Gasteiger charge is 2.26. The average molecular weight is 222 g/mol. The van der Waals surface area contributed by atoms with Crippen LogP contribution in [0.4, 0.5) is 0 Å². The highest BCUT2D eigenvalue weighted by atomic mass is 16.2. The Hall–Kier alpha value is -1.16. The summed E-state index contributed by atoms with van der Waals surface area (Å²) >= 11 is 0. The van der Waals surface area contributed by atoms with E-state index in [0.29, 0.717) is 19.5 Å². The van der Waals surface area contributed by atoms with Crippen LogP contribution in [0.3, 0.4) is 0 Å². The van der Waals surface area contributed by atoms with E-state index in [4.69, 9.17) is 0 Å². The second kappa shape index (κ2) is 5.25. The summed E-state index contributed by atoms with van der Waals surface area (Å²) in [5, 5.41) is 3.26. The third-order valence-electron chi connectivity index (χ3n) is 3.40. The van der Waals surface area contributed by atoms with Gasteiger partial charge in [-0.3, -0.25) is 9.59 Å². The molecule has 1 saturated heterocycles. The average Bonchev–Trinajstić information content (AvgIpc) is 2.39. The van der Waals surface area contributed by atoms with E-state index < -0.39 is 0 Å². The molecule has 0 aromatic rings. The maximum atomic E-state index is 12.1. The number of rotatable bonds is 2. The van der Waals surface area contributed by atoms with E-state index >= 15 is 0 Å². The van der Waals surface area contributed by atoms with Crippen LogP contribution in [-0.4, -0.2) is 43.3 Å². The summed E-state index contributed by atoms with van der Waals surface area (Å²) in [6, 6.07) is 0. The zero-order valence-corrected chi connectivity index (χ0v) is 9.45. The first-order valence-corrected chi connectivity index (χ1v) is 5.95. The Labute approximate surface area is 95.7 Å². The fourth-order valence-corrected chi connectivity index (χ4v) is 2.32. The largest absolute Gasteiger partial charge is 0.338 e. The zero-order valence-electron chi connectivity index (χ0n) is 9.45. The number of nitrogens with zero attached hydrogens (tertiary/aromatic N) is 1. The van der Waals surface area contributed by atoms with Gasteiger partial charge in [-0.1, -0.05) is 6.08 Å². The van der Waals surface area contributed by atoms with Crippen molar-refractivity contribution in [3.05, 3.63) is 11.6 Å². The zero-order chi connectivity index (χ0) is 11.4. The van der Waals surface area contributed by atoms with Crippen LogP contribution in [0.15, 0.2) is 11.6 Å². The number of carbonyl (C=O) groups is 2. The lowest BCUT2D eigenvalue weighted by atomic mass is 9.95. The quantitative estimate of drug-likeness (QED) is 0.686. The molecule has 4 heteroatoms. The second-order valence-electron chi connectivity index (χ2n) is 4.46. The molecule has 0 atom stereocenters. The minimum Gasteiger partial charge on any atom is -0.338 e. The molecule has 16 heavy (non-hydrogen) atoms. The van der Waals surface area contributed by atoms with E-state index in [0.717, 1.165) is 37.8 Å². The van der Waals surface area contributed by atoms with Crippen molar-refractivity contribution in [3.8, 4) is 0 Å². The van der Waals surface area contributed by atoms with Crippen LogP contribution in [0.25, 0.3) is 0 Å². The summed E-state index contributed by atoms with van der Waals surface area (Å²) in [4.78, 5) is 24.6. The van der Waals surface area contributed by atoms with Gasteiger partial charge in [-0.25, -0.2) is 0 Å². The summed E-state index contributed by atoms with van der Waals surface area (Å²) < 4.78 is 0. The molecule has 1 amide bonds. The number of hydrogen-bond donors (Lipinski definition) is 1. The van der Waals surface area contributed by atoms with Crippen LogP contribution in [0.5, 0.6) is 0 Å². The minimum absolute atomic E-state index is 0.187. The highest BCUT2D eigenvalue weighted by Crippen LogP contribution is 2.18. The molecule has 0 radical (unpaired) electrons. The smallest absolute Gasteiger partial charge is 0.226 e. The fourth-order valence-electron chi connectivity index (χ4n) is 2.32. The lowest BCUT2D eigenvalue weighted by molar-refractivity contribution is -0.136. The second-order valence-corrected chi connectivity index (χ2v) is 4.46. The van der Waals surface area contributed by atoms with E-state index in [1.54, 1.807) is 0 Å². The lowest BCUT2D eigenvalue weighted by Gasteiger charge is -2.31. The molecule has 88 valence electrons. The van der Waals surface area contributed by atoms with Crippen LogP contribution in [0.1, 0.15) is 19.3 Å². The standard InChI is InChI=1S/C12H18N2O2/c15-9-10-3-7-14(8-4-10)12(16)11-1-5-13-6-2-11/h3,9,11,13H,1-2,4-8H2. The minimum atomic E-state index is 0.187. The predicted octanol–water partition coefficient (Wildman–Crippen LogP) is 0.344. The molecule has 0 unspecified atom stereocenters. The van der Waals surface area contributed by atoms with Crippen LogP contribution in [-0.2, 0) is 9.59 Å². The first-order chi connectivity index (χ1) is 7.81. The topological polar surface area (TPSA) is 49.4 Å². The molecule has 2 heterocycles. The number of amides is 1. The molecule has 0 aliphatic carbocycles. The van der Waals surface area contributed by atoms with Crippen LogP contribution < -0.4 is 5.32 Å². The van der Waals surface area contributed by atoms with Crippen LogP contribution in [0, 0.1) is 5.92 Å². The molecule has 0 spiro atoms. The van der Waals surface area contributed by atoms with Crippen molar-refractivity contribution in [2.45, 2.75) is 19.3 Å². The van der Waals surface area contributed by atoms with Gasteiger partial charge < -0.3 is 10.2 Å². The Morgan fingerprint density at radius 1 is 1.44 bits per heavy atom. The van der Waals surface area contributed by atoms with Crippen molar-refractivity contribution in [1.29, 1.82) is 0 Å². The molecule has 4 nitrogen and oxygen atoms in total. The number of nitrogens with one attached hydrogen (secondary N) is 1. The molecule has 2 rings (SSSR count). The van der Waals surface area contributed by atoms with Crippen molar-refractivity contribution in [2.75, 3.05) is 26.2 Å². The Balaban J connectivity index is 1.90. The van der Waals surface area contributed by atoms with Crippen molar-refractivity contribution in [2.24, 2.45) is 5.92 Å². The molecule has 2 aliphatic rings. The van der Waals surface area contributed by atoms with Gasteiger partial charge in [0.25, 0.3) is 0 Å². The van der Waals surface area contributed by atoms with E-state index in [9.17, 15) is 9.59 Å². The van der Waals surface area contributed by atoms with E-state index in [-0.39, 0.29) is 11.8 Å². The third-order valence-corrected chi connectivity index (χ3v) is 3.40. The first kappa shape index (κ1) is 11.3. The van der Waals surface area contributed by atoms with Crippen molar-refractivity contribution in [3.63, 3.8) is 0 Å². The summed E-state index contributed by atoms with van der Waals surface area (Å²) in [6.07, 6.45) is 5.36. The fraction of sp³-hybridized carbons (Fsp3) is 0.667.